The van der Waals surface area contributed by atoms with Crippen molar-refractivity contribution in [2.75, 3.05) is 12.3 Å². The minimum Gasteiger partial charge on any atom is -0.463 e. The van der Waals surface area contributed by atoms with Gasteiger partial charge in [-0.05, 0) is 37.6 Å². The molecule has 2 unspecified atom stereocenters. The second kappa shape index (κ2) is 5.82. The predicted molar refractivity (Wildman–Crippen MR) is 85.9 cm³/mol. The maximum absolute atomic E-state index is 12.4. The average molecular weight is 317 g/mol. The van der Waals surface area contributed by atoms with Crippen LogP contribution in [-0.2, 0) is 10.4 Å². The van der Waals surface area contributed by atoms with Gasteiger partial charge in [0.25, 0.3) is 0 Å². The van der Waals surface area contributed by atoms with E-state index in [1.165, 1.54) is 0 Å². The molecule has 0 saturated heterocycles. The van der Waals surface area contributed by atoms with Crippen molar-refractivity contribution < 1.29 is 14.3 Å². The summed E-state index contributed by atoms with van der Waals surface area (Å²) in [5.41, 5.74) is -0.145. The number of benzene rings is 1. The van der Waals surface area contributed by atoms with E-state index in [1.54, 1.807) is 30.8 Å². The Bertz CT molecular complexity index is 693. The van der Waals surface area contributed by atoms with E-state index >= 15 is 0 Å². The minimum atomic E-state index is -1.21. The Kier molecular flexibility index (Phi) is 4.02. The number of rotatable bonds is 4. The molecule has 1 aromatic carbocycles. The van der Waals surface area contributed by atoms with Gasteiger partial charge >= 0.3 is 0 Å². The van der Waals surface area contributed by atoms with Crippen LogP contribution in [0.2, 0.25) is 0 Å². The van der Waals surface area contributed by atoms with Crippen LogP contribution < -0.4 is 5.32 Å². The molecule has 0 bridgehead atoms. The lowest BCUT2D eigenvalue weighted by molar-refractivity contribution is -0.123. The molecule has 116 valence electrons. The van der Waals surface area contributed by atoms with Crippen molar-refractivity contribution in [3.8, 4) is 0 Å². The maximum Gasteiger partial charge on any atom is 0.228 e. The van der Waals surface area contributed by atoms with Crippen LogP contribution in [0.3, 0.4) is 0 Å². The van der Waals surface area contributed by atoms with Crippen LogP contribution >= 0.6 is 11.8 Å². The van der Waals surface area contributed by atoms with Gasteiger partial charge in [-0.15, -0.1) is 11.8 Å². The number of amides is 1. The standard InChI is InChI=1S/C17H19NO3S/c1-11-7-8-15(21-11)17(2,20)10-18-16(19)13-9-22-14-6-4-3-5-12(13)14/h3-8,13,20H,9-10H2,1-2H3,(H,18,19). The Morgan fingerprint density at radius 3 is 2.91 bits per heavy atom. The van der Waals surface area contributed by atoms with Gasteiger partial charge in [-0.2, -0.15) is 0 Å². The molecule has 4 nitrogen and oxygen atoms in total. The Morgan fingerprint density at radius 1 is 1.41 bits per heavy atom. The van der Waals surface area contributed by atoms with Gasteiger partial charge in [0.2, 0.25) is 5.91 Å². The lowest BCUT2D eigenvalue weighted by atomic mass is 9.99. The van der Waals surface area contributed by atoms with Gasteiger partial charge < -0.3 is 14.8 Å². The van der Waals surface area contributed by atoms with Crippen LogP contribution in [0, 0.1) is 6.92 Å². The molecular weight excluding hydrogens is 298 g/mol. The van der Waals surface area contributed by atoms with Crippen molar-refractivity contribution in [2.45, 2.75) is 30.3 Å². The average Bonchev–Trinajstić information content (AvgIpc) is 3.11. The first kappa shape index (κ1) is 15.2. The fourth-order valence-electron chi connectivity index (χ4n) is 2.57. The summed E-state index contributed by atoms with van der Waals surface area (Å²) in [4.78, 5) is 13.6. The number of furan rings is 1. The molecule has 1 aliphatic heterocycles. The summed E-state index contributed by atoms with van der Waals surface area (Å²) in [5, 5.41) is 13.3. The summed E-state index contributed by atoms with van der Waals surface area (Å²) >= 11 is 1.70. The number of aliphatic hydroxyl groups is 1. The van der Waals surface area contributed by atoms with Gasteiger partial charge in [-0.3, -0.25) is 4.79 Å². The second-order valence-electron chi connectivity index (χ2n) is 5.80. The first-order valence-corrected chi connectivity index (χ1v) is 8.25. The van der Waals surface area contributed by atoms with E-state index in [4.69, 9.17) is 4.42 Å². The van der Waals surface area contributed by atoms with Crippen LogP contribution in [0.15, 0.2) is 45.7 Å². The molecule has 1 amide bonds. The van der Waals surface area contributed by atoms with Crippen molar-refractivity contribution in [3.63, 3.8) is 0 Å². The number of hydrogen-bond donors (Lipinski definition) is 2. The molecule has 0 spiro atoms. The quantitative estimate of drug-likeness (QED) is 0.910. The highest BCUT2D eigenvalue weighted by atomic mass is 32.2. The van der Waals surface area contributed by atoms with Crippen LogP contribution in [0.4, 0.5) is 0 Å². The van der Waals surface area contributed by atoms with Crippen LogP contribution in [0.5, 0.6) is 0 Å². The molecule has 2 N–H and O–H groups in total. The fraction of sp³-hybridized carbons (Fsp3) is 0.353. The molecule has 2 atom stereocenters. The molecule has 3 rings (SSSR count). The zero-order valence-electron chi connectivity index (χ0n) is 12.6. The van der Waals surface area contributed by atoms with Crippen molar-refractivity contribution >= 4 is 17.7 Å². The van der Waals surface area contributed by atoms with E-state index in [-0.39, 0.29) is 18.4 Å². The molecule has 2 aromatic rings. The third-order valence-corrected chi connectivity index (χ3v) is 5.08. The smallest absolute Gasteiger partial charge is 0.228 e. The van der Waals surface area contributed by atoms with Crippen molar-refractivity contribution in [3.05, 3.63) is 53.5 Å². The van der Waals surface area contributed by atoms with E-state index in [1.807, 2.05) is 31.2 Å². The lowest BCUT2D eigenvalue weighted by Gasteiger charge is -2.22. The topological polar surface area (TPSA) is 62.5 Å². The van der Waals surface area contributed by atoms with Gasteiger partial charge in [0.15, 0.2) is 0 Å². The Hall–Kier alpha value is -1.72. The van der Waals surface area contributed by atoms with E-state index in [2.05, 4.69) is 5.32 Å². The molecule has 2 heterocycles. The number of carbonyl (C=O) groups is 1. The van der Waals surface area contributed by atoms with Crippen LogP contribution in [0.1, 0.15) is 29.9 Å². The summed E-state index contributed by atoms with van der Waals surface area (Å²) in [6.07, 6.45) is 0. The SMILES string of the molecule is Cc1ccc(C(C)(O)CNC(=O)C2CSc3ccccc32)o1. The number of fused-ring (bicyclic) bond motifs is 1. The molecule has 1 aliphatic rings. The summed E-state index contributed by atoms with van der Waals surface area (Å²) in [6, 6.07) is 11.5. The third-order valence-electron chi connectivity index (χ3n) is 3.89. The maximum atomic E-state index is 12.4. The number of thioether (sulfide) groups is 1. The molecule has 0 fully saturated rings. The highest BCUT2D eigenvalue weighted by molar-refractivity contribution is 7.99. The van der Waals surface area contributed by atoms with Crippen molar-refractivity contribution in [1.82, 2.24) is 5.32 Å². The predicted octanol–water partition coefficient (Wildman–Crippen LogP) is 2.80. The van der Waals surface area contributed by atoms with Gasteiger partial charge in [-0.25, -0.2) is 0 Å². The molecule has 0 aliphatic carbocycles. The summed E-state index contributed by atoms with van der Waals surface area (Å²) in [7, 11) is 0. The molecule has 1 aromatic heterocycles. The Labute approximate surface area is 133 Å². The lowest BCUT2D eigenvalue weighted by Crippen LogP contribution is -2.40. The van der Waals surface area contributed by atoms with Crippen LogP contribution in [-0.4, -0.2) is 23.3 Å². The molecule has 0 saturated carbocycles. The normalized spacial score (nSPS) is 19.5. The van der Waals surface area contributed by atoms with Gasteiger partial charge in [-0.1, -0.05) is 18.2 Å². The molecule has 22 heavy (non-hydrogen) atoms. The third kappa shape index (κ3) is 2.91. The summed E-state index contributed by atoms with van der Waals surface area (Å²) in [5.74, 6) is 1.73. The van der Waals surface area contributed by atoms with E-state index < -0.39 is 5.60 Å². The highest BCUT2D eigenvalue weighted by Crippen LogP contribution is 2.39. The minimum absolute atomic E-state index is 0.0546. The number of aryl methyl sites for hydroxylation is 1. The van der Waals surface area contributed by atoms with E-state index in [0.29, 0.717) is 5.76 Å². The van der Waals surface area contributed by atoms with E-state index in [9.17, 15) is 9.90 Å². The van der Waals surface area contributed by atoms with Crippen molar-refractivity contribution in [1.29, 1.82) is 0 Å². The summed E-state index contributed by atoms with van der Waals surface area (Å²) < 4.78 is 5.46. The van der Waals surface area contributed by atoms with Gasteiger partial charge in [0.1, 0.15) is 17.1 Å². The van der Waals surface area contributed by atoms with Crippen molar-refractivity contribution in [2.24, 2.45) is 0 Å². The fourth-order valence-corrected chi connectivity index (χ4v) is 3.80. The molecule has 5 heteroatoms. The van der Waals surface area contributed by atoms with Crippen LogP contribution in [0.25, 0.3) is 0 Å². The number of carbonyl (C=O) groups excluding carboxylic acids is 1. The highest BCUT2D eigenvalue weighted by Gasteiger charge is 2.32. The molecular formula is C17H19NO3S. The second-order valence-corrected chi connectivity index (χ2v) is 6.87. The monoisotopic (exact) mass is 317 g/mol. The van der Waals surface area contributed by atoms with E-state index in [0.717, 1.165) is 22.0 Å². The number of nitrogens with one attached hydrogen (secondary N) is 1. The Balaban J connectivity index is 1.66. The zero-order chi connectivity index (χ0) is 15.7. The number of hydrogen-bond acceptors (Lipinski definition) is 4. The van der Waals surface area contributed by atoms with Gasteiger partial charge in [0.05, 0.1) is 12.5 Å². The zero-order valence-corrected chi connectivity index (χ0v) is 13.4. The van der Waals surface area contributed by atoms with Gasteiger partial charge in [0, 0.05) is 10.6 Å². The first-order valence-electron chi connectivity index (χ1n) is 7.26. The molecule has 0 radical (unpaired) electrons. The Morgan fingerprint density at radius 2 is 2.18 bits per heavy atom. The largest absolute Gasteiger partial charge is 0.463 e. The summed E-state index contributed by atoms with van der Waals surface area (Å²) in [6.45, 7) is 3.59. The first-order chi connectivity index (χ1) is 10.5.